The van der Waals surface area contributed by atoms with Gasteiger partial charge in [0.05, 0.1) is 17.9 Å². The van der Waals surface area contributed by atoms with Crippen molar-refractivity contribution in [2.75, 3.05) is 31.1 Å². The molecule has 6 heteroatoms. The van der Waals surface area contributed by atoms with Gasteiger partial charge < -0.3 is 10.6 Å². The summed E-state index contributed by atoms with van der Waals surface area (Å²) in [5, 5.41) is 4.16. The van der Waals surface area contributed by atoms with Crippen molar-refractivity contribution in [1.29, 1.82) is 0 Å². The van der Waals surface area contributed by atoms with Crippen molar-refractivity contribution in [3.05, 3.63) is 12.4 Å². The Kier molecular flexibility index (Phi) is 4.26. The van der Waals surface area contributed by atoms with Crippen LogP contribution in [-0.2, 0) is 11.8 Å². The van der Waals surface area contributed by atoms with Gasteiger partial charge in [0.25, 0.3) is 0 Å². The minimum Gasteiger partial charge on any atom is -0.330 e. The second-order valence-corrected chi connectivity index (χ2v) is 6.25. The molecule has 0 spiro atoms. The van der Waals surface area contributed by atoms with Gasteiger partial charge in [-0.2, -0.15) is 5.10 Å². The van der Waals surface area contributed by atoms with Crippen molar-refractivity contribution in [3.63, 3.8) is 0 Å². The second-order valence-electron chi connectivity index (χ2n) is 6.25. The number of aromatic nitrogens is 2. The van der Waals surface area contributed by atoms with Crippen molar-refractivity contribution in [2.45, 2.75) is 31.7 Å². The Morgan fingerprint density at radius 2 is 2.24 bits per heavy atom. The van der Waals surface area contributed by atoms with Crippen LogP contribution in [0.2, 0.25) is 0 Å². The highest BCUT2D eigenvalue weighted by atomic mass is 16.2. The summed E-state index contributed by atoms with van der Waals surface area (Å²) in [6.07, 6.45) is 8.11. The first-order chi connectivity index (χ1) is 10.2. The maximum absolute atomic E-state index is 12.7. The van der Waals surface area contributed by atoms with E-state index in [1.54, 1.807) is 10.9 Å². The van der Waals surface area contributed by atoms with Crippen LogP contribution in [-0.4, -0.2) is 52.8 Å². The summed E-state index contributed by atoms with van der Waals surface area (Å²) < 4.78 is 1.74. The number of carbonyl (C=O) groups excluding carboxylic acids is 1. The highest BCUT2D eigenvalue weighted by Gasteiger charge is 2.38. The molecule has 2 fully saturated rings. The Bertz CT molecular complexity index is 498. The zero-order chi connectivity index (χ0) is 14.8. The molecule has 1 aromatic rings. The third-order valence-corrected chi connectivity index (χ3v) is 4.75. The Labute approximate surface area is 125 Å². The van der Waals surface area contributed by atoms with Gasteiger partial charge in [0.2, 0.25) is 5.91 Å². The van der Waals surface area contributed by atoms with E-state index in [0.29, 0.717) is 5.92 Å². The molecule has 2 saturated heterocycles. The molecule has 0 aromatic carbocycles. The van der Waals surface area contributed by atoms with E-state index >= 15 is 0 Å². The molecule has 3 rings (SSSR count). The molecule has 0 saturated carbocycles. The SMILES string of the molecule is Cn1cc(N2CCC(N3CCCC(CCN)C3)C2=O)cn1. The molecule has 21 heavy (non-hydrogen) atoms. The Balaban J connectivity index is 1.66. The second kappa shape index (κ2) is 6.15. The van der Waals surface area contributed by atoms with Crippen LogP contribution in [0.25, 0.3) is 0 Å². The summed E-state index contributed by atoms with van der Waals surface area (Å²) in [5.74, 6) is 0.889. The van der Waals surface area contributed by atoms with Crippen LogP contribution in [0.1, 0.15) is 25.7 Å². The van der Waals surface area contributed by atoms with E-state index in [1.807, 2.05) is 18.1 Å². The molecule has 0 radical (unpaired) electrons. The lowest BCUT2D eigenvalue weighted by molar-refractivity contribution is -0.122. The number of hydrogen-bond acceptors (Lipinski definition) is 4. The number of anilines is 1. The van der Waals surface area contributed by atoms with Crippen molar-refractivity contribution in [1.82, 2.24) is 14.7 Å². The molecule has 0 aliphatic carbocycles. The van der Waals surface area contributed by atoms with Gasteiger partial charge in [-0.15, -0.1) is 0 Å². The molecule has 1 amide bonds. The topological polar surface area (TPSA) is 67.4 Å². The van der Waals surface area contributed by atoms with Crippen molar-refractivity contribution in [3.8, 4) is 0 Å². The van der Waals surface area contributed by atoms with Gasteiger partial charge in [0, 0.05) is 26.3 Å². The van der Waals surface area contributed by atoms with Gasteiger partial charge in [0.15, 0.2) is 0 Å². The predicted octanol–water partition coefficient (Wildman–Crippen LogP) is 0.586. The Hall–Kier alpha value is -1.40. The van der Waals surface area contributed by atoms with Gasteiger partial charge in [-0.1, -0.05) is 0 Å². The average Bonchev–Trinajstić information content (AvgIpc) is 3.05. The van der Waals surface area contributed by atoms with Crippen LogP contribution in [0.5, 0.6) is 0 Å². The van der Waals surface area contributed by atoms with Gasteiger partial charge in [-0.3, -0.25) is 14.4 Å². The van der Waals surface area contributed by atoms with E-state index in [4.69, 9.17) is 5.73 Å². The van der Waals surface area contributed by atoms with Crippen LogP contribution in [0.3, 0.4) is 0 Å². The summed E-state index contributed by atoms with van der Waals surface area (Å²) in [7, 11) is 1.88. The first-order valence-corrected chi connectivity index (χ1v) is 7.93. The summed E-state index contributed by atoms with van der Waals surface area (Å²) in [6.45, 7) is 3.61. The van der Waals surface area contributed by atoms with Gasteiger partial charge in [0.1, 0.15) is 0 Å². The Morgan fingerprint density at radius 1 is 1.38 bits per heavy atom. The normalized spacial score (nSPS) is 27.5. The molecule has 2 unspecified atom stereocenters. The van der Waals surface area contributed by atoms with Crippen LogP contribution >= 0.6 is 0 Å². The summed E-state index contributed by atoms with van der Waals surface area (Å²) in [6, 6.07) is 0.0470. The fourth-order valence-corrected chi connectivity index (χ4v) is 3.66. The maximum Gasteiger partial charge on any atom is 0.244 e. The van der Waals surface area contributed by atoms with Crippen LogP contribution < -0.4 is 10.6 Å². The number of amides is 1. The van der Waals surface area contributed by atoms with E-state index in [9.17, 15) is 4.79 Å². The number of rotatable bonds is 4. The number of carbonyl (C=O) groups is 1. The van der Waals surface area contributed by atoms with E-state index in [-0.39, 0.29) is 11.9 Å². The third-order valence-electron chi connectivity index (χ3n) is 4.75. The average molecular weight is 291 g/mol. The molecule has 2 N–H and O–H groups in total. The number of nitrogens with two attached hydrogens (primary N) is 1. The fraction of sp³-hybridized carbons (Fsp3) is 0.733. The first-order valence-electron chi connectivity index (χ1n) is 7.93. The minimum atomic E-state index is 0.0470. The lowest BCUT2D eigenvalue weighted by Gasteiger charge is -2.35. The highest BCUT2D eigenvalue weighted by Crippen LogP contribution is 2.28. The largest absolute Gasteiger partial charge is 0.330 e. The van der Waals surface area contributed by atoms with Gasteiger partial charge in [-0.25, -0.2) is 0 Å². The van der Waals surface area contributed by atoms with Crippen molar-refractivity contribution >= 4 is 11.6 Å². The molecule has 0 bridgehead atoms. The zero-order valence-corrected chi connectivity index (χ0v) is 12.7. The van der Waals surface area contributed by atoms with Crippen LogP contribution in [0.4, 0.5) is 5.69 Å². The summed E-state index contributed by atoms with van der Waals surface area (Å²) in [4.78, 5) is 17.0. The molecule has 6 nitrogen and oxygen atoms in total. The molecule has 116 valence electrons. The van der Waals surface area contributed by atoms with Crippen molar-refractivity contribution in [2.24, 2.45) is 18.7 Å². The number of hydrogen-bond donors (Lipinski definition) is 1. The molecule has 2 aliphatic rings. The predicted molar refractivity (Wildman–Crippen MR) is 81.9 cm³/mol. The number of aryl methyl sites for hydroxylation is 1. The van der Waals surface area contributed by atoms with Crippen LogP contribution in [0, 0.1) is 5.92 Å². The molecule has 2 aliphatic heterocycles. The first kappa shape index (κ1) is 14.5. The summed E-state index contributed by atoms with van der Waals surface area (Å²) in [5.41, 5.74) is 6.60. The highest BCUT2D eigenvalue weighted by molar-refractivity contribution is 5.99. The number of nitrogens with zero attached hydrogens (tertiary/aromatic N) is 4. The summed E-state index contributed by atoms with van der Waals surface area (Å²) >= 11 is 0. The quantitative estimate of drug-likeness (QED) is 0.881. The third kappa shape index (κ3) is 2.96. The molecule has 3 heterocycles. The minimum absolute atomic E-state index is 0.0470. The van der Waals surface area contributed by atoms with E-state index in [2.05, 4.69) is 10.00 Å². The zero-order valence-electron chi connectivity index (χ0n) is 12.7. The fourth-order valence-electron chi connectivity index (χ4n) is 3.66. The monoisotopic (exact) mass is 291 g/mol. The van der Waals surface area contributed by atoms with Gasteiger partial charge >= 0.3 is 0 Å². The van der Waals surface area contributed by atoms with E-state index < -0.39 is 0 Å². The smallest absolute Gasteiger partial charge is 0.244 e. The molecule has 1 aromatic heterocycles. The lowest BCUT2D eigenvalue weighted by atomic mass is 9.93. The van der Waals surface area contributed by atoms with E-state index in [0.717, 1.165) is 44.7 Å². The molecular weight excluding hydrogens is 266 g/mol. The number of piperidine rings is 1. The van der Waals surface area contributed by atoms with E-state index in [1.165, 1.54) is 12.8 Å². The molecular formula is C15H25N5O. The Morgan fingerprint density at radius 3 is 2.95 bits per heavy atom. The van der Waals surface area contributed by atoms with Crippen molar-refractivity contribution < 1.29 is 4.79 Å². The number of likely N-dealkylation sites (tertiary alicyclic amines) is 1. The lowest BCUT2D eigenvalue weighted by Crippen LogP contribution is -2.47. The standard InChI is InChI=1S/C15H25N5O/c1-18-11-13(9-17-18)20-8-5-14(15(20)21)19-7-2-3-12(10-19)4-6-16/h9,11-12,14H,2-8,10,16H2,1H3. The van der Waals surface area contributed by atoms with Gasteiger partial charge in [-0.05, 0) is 44.7 Å². The molecule has 2 atom stereocenters. The van der Waals surface area contributed by atoms with Crippen LogP contribution in [0.15, 0.2) is 12.4 Å². The maximum atomic E-state index is 12.7.